The van der Waals surface area contributed by atoms with Crippen molar-refractivity contribution in [3.63, 3.8) is 0 Å². The largest absolute Gasteiger partial charge is 0.351 e. The molecule has 3 N–H and O–H groups in total. The van der Waals surface area contributed by atoms with Crippen LogP contribution in [0.3, 0.4) is 0 Å². The lowest BCUT2D eigenvalue weighted by Gasteiger charge is -2.17. The molecule has 148 valence electrons. The fraction of sp³-hybridized carbons (Fsp3) is 0.273. The molecule has 0 fully saturated rings. The first-order valence-electron chi connectivity index (χ1n) is 9.32. The third-order valence-electron chi connectivity index (χ3n) is 4.87. The third-order valence-corrected chi connectivity index (χ3v) is 4.87. The molecule has 0 aliphatic rings. The van der Waals surface area contributed by atoms with Gasteiger partial charge in [-0.05, 0) is 18.1 Å². The zero-order valence-corrected chi connectivity index (χ0v) is 17.0. The fourth-order valence-corrected chi connectivity index (χ4v) is 2.90. The van der Waals surface area contributed by atoms with Gasteiger partial charge in [-0.25, -0.2) is 4.68 Å². The summed E-state index contributed by atoms with van der Waals surface area (Å²) in [5.41, 5.74) is 9.85. The molecule has 3 aromatic rings. The predicted octanol–water partition coefficient (Wildman–Crippen LogP) is 3.95. The number of nitrogens with zero attached hydrogens (tertiary/aromatic N) is 2. The standard InChI is InChI=1S/C22H26N4O.ClH/c1-3-16(2)20(23)22(27)24-14-18-15-26(19-12-8-5-9-13-19)25-21(18)17-10-6-4-7-11-17;/h4-13,15-16,20H,3,14,23H2,1-2H3,(H,24,27);1H. The number of benzene rings is 2. The van der Waals surface area contributed by atoms with E-state index in [1.807, 2.05) is 85.4 Å². The molecule has 0 spiro atoms. The molecular weight excluding hydrogens is 372 g/mol. The topological polar surface area (TPSA) is 72.9 Å². The van der Waals surface area contributed by atoms with E-state index in [1.54, 1.807) is 0 Å². The van der Waals surface area contributed by atoms with Crippen molar-refractivity contribution in [1.82, 2.24) is 15.1 Å². The molecule has 2 unspecified atom stereocenters. The van der Waals surface area contributed by atoms with Crippen molar-refractivity contribution in [2.75, 3.05) is 0 Å². The Kier molecular flexibility index (Phi) is 7.79. The molecule has 1 heterocycles. The van der Waals surface area contributed by atoms with Gasteiger partial charge in [0.05, 0.1) is 17.4 Å². The van der Waals surface area contributed by atoms with Crippen LogP contribution in [-0.4, -0.2) is 21.7 Å². The van der Waals surface area contributed by atoms with Crippen LogP contribution >= 0.6 is 12.4 Å². The molecule has 2 atom stereocenters. The van der Waals surface area contributed by atoms with Crippen LogP contribution in [0, 0.1) is 5.92 Å². The lowest BCUT2D eigenvalue weighted by atomic mass is 9.99. The Hall–Kier alpha value is -2.63. The van der Waals surface area contributed by atoms with Gasteiger partial charge >= 0.3 is 0 Å². The number of para-hydroxylation sites is 1. The average molecular weight is 399 g/mol. The van der Waals surface area contributed by atoms with Crippen LogP contribution in [0.15, 0.2) is 66.9 Å². The monoisotopic (exact) mass is 398 g/mol. The Balaban J connectivity index is 0.00000280. The van der Waals surface area contributed by atoms with E-state index in [0.29, 0.717) is 6.54 Å². The number of amides is 1. The first kappa shape index (κ1) is 21.7. The highest BCUT2D eigenvalue weighted by Gasteiger charge is 2.20. The minimum atomic E-state index is -0.501. The van der Waals surface area contributed by atoms with Gasteiger partial charge in [-0.15, -0.1) is 12.4 Å². The minimum Gasteiger partial charge on any atom is -0.351 e. The zero-order chi connectivity index (χ0) is 19.2. The van der Waals surface area contributed by atoms with E-state index in [9.17, 15) is 4.79 Å². The quantitative estimate of drug-likeness (QED) is 0.632. The van der Waals surface area contributed by atoms with Crippen LogP contribution in [0.5, 0.6) is 0 Å². The van der Waals surface area contributed by atoms with Gasteiger partial charge in [-0.2, -0.15) is 5.10 Å². The van der Waals surface area contributed by atoms with E-state index in [-0.39, 0.29) is 24.2 Å². The lowest BCUT2D eigenvalue weighted by molar-refractivity contribution is -0.123. The summed E-state index contributed by atoms with van der Waals surface area (Å²) in [5.74, 6) is 0.0152. The van der Waals surface area contributed by atoms with E-state index in [1.165, 1.54) is 0 Å². The van der Waals surface area contributed by atoms with E-state index in [0.717, 1.165) is 28.9 Å². The number of carbonyl (C=O) groups is 1. The molecule has 5 nitrogen and oxygen atoms in total. The Morgan fingerprint density at radius 2 is 1.71 bits per heavy atom. The van der Waals surface area contributed by atoms with Crippen LogP contribution in [0.2, 0.25) is 0 Å². The minimum absolute atomic E-state index is 0. The highest BCUT2D eigenvalue weighted by Crippen LogP contribution is 2.23. The summed E-state index contributed by atoms with van der Waals surface area (Å²) in [6, 6.07) is 19.4. The van der Waals surface area contributed by atoms with Crippen molar-refractivity contribution in [2.45, 2.75) is 32.9 Å². The molecule has 6 heteroatoms. The number of carbonyl (C=O) groups excluding carboxylic acids is 1. The summed E-state index contributed by atoms with van der Waals surface area (Å²) in [5, 5.41) is 7.73. The van der Waals surface area contributed by atoms with E-state index in [4.69, 9.17) is 10.8 Å². The van der Waals surface area contributed by atoms with Crippen molar-refractivity contribution in [2.24, 2.45) is 11.7 Å². The number of rotatable bonds is 7. The Bertz CT molecular complexity index is 880. The predicted molar refractivity (Wildman–Crippen MR) is 116 cm³/mol. The summed E-state index contributed by atoms with van der Waals surface area (Å²) < 4.78 is 1.85. The molecule has 3 rings (SSSR count). The van der Waals surface area contributed by atoms with Crippen LogP contribution in [0.25, 0.3) is 16.9 Å². The first-order valence-corrected chi connectivity index (χ1v) is 9.32. The van der Waals surface area contributed by atoms with Gasteiger partial charge in [0, 0.05) is 23.9 Å². The fourth-order valence-electron chi connectivity index (χ4n) is 2.90. The van der Waals surface area contributed by atoms with Gasteiger partial charge in [0.25, 0.3) is 0 Å². The first-order chi connectivity index (χ1) is 13.1. The van der Waals surface area contributed by atoms with Crippen LogP contribution < -0.4 is 11.1 Å². The van der Waals surface area contributed by atoms with Crippen molar-refractivity contribution < 1.29 is 4.79 Å². The summed E-state index contributed by atoms with van der Waals surface area (Å²) in [7, 11) is 0. The average Bonchev–Trinajstić information content (AvgIpc) is 3.16. The van der Waals surface area contributed by atoms with Crippen LogP contribution in [0.1, 0.15) is 25.8 Å². The SMILES string of the molecule is CCC(C)C(N)C(=O)NCc1cn(-c2ccccc2)nc1-c1ccccc1.Cl. The Morgan fingerprint density at radius 3 is 2.32 bits per heavy atom. The second kappa shape index (κ2) is 10.1. The van der Waals surface area contributed by atoms with E-state index < -0.39 is 6.04 Å². The van der Waals surface area contributed by atoms with Crippen molar-refractivity contribution in [1.29, 1.82) is 0 Å². The molecule has 1 aromatic heterocycles. The molecule has 0 saturated carbocycles. The summed E-state index contributed by atoms with van der Waals surface area (Å²) in [6.45, 7) is 4.42. The van der Waals surface area contributed by atoms with E-state index in [2.05, 4.69) is 5.32 Å². The summed E-state index contributed by atoms with van der Waals surface area (Å²) in [6.07, 6.45) is 2.84. The second-order valence-electron chi connectivity index (χ2n) is 6.78. The maximum Gasteiger partial charge on any atom is 0.237 e. The number of hydrogen-bond acceptors (Lipinski definition) is 3. The number of nitrogens with two attached hydrogens (primary N) is 1. The molecule has 0 aliphatic carbocycles. The normalized spacial score (nSPS) is 12.7. The number of hydrogen-bond donors (Lipinski definition) is 2. The van der Waals surface area contributed by atoms with Crippen LogP contribution in [0.4, 0.5) is 0 Å². The molecule has 0 aliphatic heterocycles. The van der Waals surface area contributed by atoms with Crippen molar-refractivity contribution in [3.05, 3.63) is 72.4 Å². The van der Waals surface area contributed by atoms with Crippen LogP contribution in [-0.2, 0) is 11.3 Å². The maximum absolute atomic E-state index is 12.4. The summed E-state index contributed by atoms with van der Waals surface area (Å²) >= 11 is 0. The molecule has 1 amide bonds. The smallest absolute Gasteiger partial charge is 0.237 e. The number of aromatic nitrogens is 2. The van der Waals surface area contributed by atoms with Gasteiger partial charge in [0.1, 0.15) is 0 Å². The lowest BCUT2D eigenvalue weighted by Crippen LogP contribution is -2.44. The van der Waals surface area contributed by atoms with Gasteiger partial charge in [0.2, 0.25) is 5.91 Å². The zero-order valence-electron chi connectivity index (χ0n) is 16.2. The molecule has 2 aromatic carbocycles. The molecule has 28 heavy (non-hydrogen) atoms. The van der Waals surface area contributed by atoms with Gasteiger partial charge in [-0.1, -0.05) is 68.8 Å². The Morgan fingerprint density at radius 1 is 1.11 bits per heavy atom. The number of halogens is 1. The molecule has 0 radical (unpaired) electrons. The van der Waals surface area contributed by atoms with Crippen molar-refractivity contribution >= 4 is 18.3 Å². The van der Waals surface area contributed by atoms with Gasteiger partial charge in [-0.3, -0.25) is 4.79 Å². The van der Waals surface area contributed by atoms with E-state index >= 15 is 0 Å². The number of nitrogens with one attached hydrogen (secondary N) is 1. The summed E-state index contributed by atoms with van der Waals surface area (Å²) in [4.78, 5) is 12.4. The third kappa shape index (κ3) is 5.00. The maximum atomic E-state index is 12.4. The highest BCUT2D eigenvalue weighted by molar-refractivity contribution is 5.85. The van der Waals surface area contributed by atoms with Crippen molar-refractivity contribution in [3.8, 4) is 16.9 Å². The van der Waals surface area contributed by atoms with Gasteiger partial charge < -0.3 is 11.1 Å². The highest BCUT2D eigenvalue weighted by atomic mass is 35.5. The van der Waals surface area contributed by atoms with Gasteiger partial charge in [0.15, 0.2) is 0 Å². The Labute approximate surface area is 172 Å². The molecule has 0 bridgehead atoms. The second-order valence-corrected chi connectivity index (χ2v) is 6.78. The molecule has 0 saturated heterocycles. The molecular formula is C22H27ClN4O.